The molecule has 0 fully saturated rings. The lowest BCUT2D eigenvalue weighted by Gasteiger charge is -2.36. The van der Waals surface area contributed by atoms with Crippen molar-refractivity contribution in [3.05, 3.63) is 23.8 Å². The van der Waals surface area contributed by atoms with Gasteiger partial charge in [-0.25, -0.2) is 0 Å². The number of benzene rings is 1. The van der Waals surface area contributed by atoms with Gasteiger partial charge in [-0.1, -0.05) is 0 Å². The minimum atomic E-state index is -1.12. The highest BCUT2D eigenvalue weighted by atomic mass is 16.5. The van der Waals surface area contributed by atoms with Crippen molar-refractivity contribution in [2.75, 3.05) is 32.6 Å². The Morgan fingerprint density at radius 2 is 2.00 bits per heavy atom. The summed E-state index contributed by atoms with van der Waals surface area (Å²) in [7, 11) is 5.23. The Bertz CT molecular complexity index is 730. The van der Waals surface area contributed by atoms with Gasteiger partial charge in [0.2, 0.25) is 11.8 Å². The molecule has 26 heavy (non-hydrogen) atoms. The monoisotopic (exact) mass is 362 g/mol. The third-order valence-corrected chi connectivity index (χ3v) is 4.46. The fourth-order valence-electron chi connectivity index (χ4n) is 2.67. The van der Waals surface area contributed by atoms with E-state index in [2.05, 4.69) is 5.32 Å². The number of amides is 3. The van der Waals surface area contributed by atoms with Gasteiger partial charge in [0, 0.05) is 26.7 Å². The van der Waals surface area contributed by atoms with E-state index in [1.165, 1.54) is 4.90 Å². The number of hydrogen-bond donors (Lipinski definition) is 2. The SMILES string of the molecule is CN(C)C(=O)c1ccc2c(c1)N(C)C(CC(=O)NC(C)(C)C(N)=O)CO2. The van der Waals surface area contributed by atoms with Crippen LogP contribution in [0.2, 0.25) is 0 Å². The first-order valence-electron chi connectivity index (χ1n) is 8.35. The van der Waals surface area contributed by atoms with Crippen LogP contribution in [0.3, 0.4) is 0 Å². The maximum absolute atomic E-state index is 12.3. The number of nitrogens with two attached hydrogens (primary N) is 1. The average Bonchev–Trinajstić information content (AvgIpc) is 2.55. The number of carbonyl (C=O) groups excluding carboxylic acids is 3. The highest BCUT2D eigenvalue weighted by molar-refractivity contribution is 5.95. The first-order valence-corrected chi connectivity index (χ1v) is 8.35. The van der Waals surface area contributed by atoms with E-state index < -0.39 is 11.4 Å². The van der Waals surface area contributed by atoms with Gasteiger partial charge in [-0.2, -0.15) is 0 Å². The lowest BCUT2D eigenvalue weighted by Crippen LogP contribution is -2.54. The summed E-state index contributed by atoms with van der Waals surface area (Å²) >= 11 is 0. The molecule has 1 unspecified atom stereocenters. The molecule has 0 saturated carbocycles. The van der Waals surface area contributed by atoms with Crippen molar-refractivity contribution >= 4 is 23.4 Å². The van der Waals surface area contributed by atoms with Crippen LogP contribution in [0.5, 0.6) is 5.75 Å². The molecule has 3 N–H and O–H groups in total. The second-order valence-electron chi connectivity index (χ2n) is 7.20. The van der Waals surface area contributed by atoms with Crippen LogP contribution in [0.15, 0.2) is 18.2 Å². The van der Waals surface area contributed by atoms with Gasteiger partial charge in [0.15, 0.2) is 0 Å². The van der Waals surface area contributed by atoms with Crippen LogP contribution in [0.4, 0.5) is 5.69 Å². The lowest BCUT2D eigenvalue weighted by atomic mass is 10.0. The summed E-state index contributed by atoms with van der Waals surface area (Å²) < 4.78 is 5.74. The molecule has 0 bridgehead atoms. The summed E-state index contributed by atoms with van der Waals surface area (Å²) in [5.41, 5.74) is 5.46. The molecule has 3 amide bonds. The summed E-state index contributed by atoms with van der Waals surface area (Å²) in [5, 5.41) is 2.64. The Kier molecular flexibility index (Phi) is 5.44. The van der Waals surface area contributed by atoms with Crippen LogP contribution >= 0.6 is 0 Å². The zero-order valence-electron chi connectivity index (χ0n) is 15.8. The van der Waals surface area contributed by atoms with E-state index in [-0.39, 0.29) is 24.3 Å². The largest absolute Gasteiger partial charge is 0.489 e. The highest BCUT2D eigenvalue weighted by Gasteiger charge is 2.31. The molecule has 1 aromatic carbocycles. The number of anilines is 1. The highest BCUT2D eigenvalue weighted by Crippen LogP contribution is 2.34. The fourth-order valence-corrected chi connectivity index (χ4v) is 2.67. The average molecular weight is 362 g/mol. The van der Waals surface area contributed by atoms with Crippen LogP contribution in [0.25, 0.3) is 0 Å². The van der Waals surface area contributed by atoms with Gasteiger partial charge < -0.3 is 25.6 Å². The van der Waals surface area contributed by atoms with Crippen LogP contribution in [0, 0.1) is 0 Å². The van der Waals surface area contributed by atoms with E-state index in [4.69, 9.17) is 10.5 Å². The van der Waals surface area contributed by atoms with Crippen LogP contribution in [0.1, 0.15) is 30.6 Å². The third kappa shape index (κ3) is 4.07. The zero-order valence-corrected chi connectivity index (χ0v) is 15.8. The van der Waals surface area contributed by atoms with Gasteiger partial charge >= 0.3 is 0 Å². The van der Waals surface area contributed by atoms with E-state index in [9.17, 15) is 14.4 Å². The lowest BCUT2D eigenvalue weighted by molar-refractivity contribution is -0.130. The summed E-state index contributed by atoms with van der Waals surface area (Å²) in [6.07, 6.45) is 0.137. The number of nitrogens with one attached hydrogen (secondary N) is 1. The molecule has 8 nitrogen and oxygen atoms in total. The Balaban J connectivity index is 2.14. The first kappa shape index (κ1) is 19.6. The first-order chi connectivity index (χ1) is 12.0. The molecule has 1 heterocycles. The predicted octanol–water partition coefficient (Wildman–Crippen LogP) is 0.356. The Labute approximate surface area is 153 Å². The number of nitrogens with zero attached hydrogens (tertiary/aromatic N) is 2. The van der Waals surface area contributed by atoms with Crippen molar-refractivity contribution < 1.29 is 19.1 Å². The van der Waals surface area contributed by atoms with Crippen molar-refractivity contribution in [3.63, 3.8) is 0 Å². The number of ether oxygens (including phenoxy) is 1. The minimum absolute atomic E-state index is 0.107. The van der Waals surface area contributed by atoms with E-state index in [0.717, 1.165) is 5.69 Å². The molecule has 1 aromatic rings. The molecule has 1 atom stereocenters. The van der Waals surface area contributed by atoms with E-state index in [0.29, 0.717) is 17.9 Å². The fraction of sp³-hybridized carbons (Fsp3) is 0.500. The van der Waals surface area contributed by atoms with Crippen molar-refractivity contribution in [2.45, 2.75) is 31.8 Å². The van der Waals surface area contributed by atoms with Gasteiger partial charge in [0.05, 0.1) is 18.2 Å². The van der Waals surface area contributed by atoms with Crippen molar-refractivity contribution in [2.24, 2.45) is 5.73 Å². The molecule has 0 spiro atoms. The topological polar surface area (TPSA) is 105 Å². The quantitative estimate of drug-likeness (QED) is 0.787. The molecule has 142 valence electrons. The van der Waals surface area contributed by atoms with Crippen LogP contribution < -0.4 is 20.7 Å². The van der Waals surface area contributed by atoms with Gasteiger partial charge in [-0.3, -0.25) is 14.4 Å². The zero-order chi connectivity index (χ0) is 19.6. The normalized spacial score (nSPS) is 16.3. The maximum Gasteiger partial charge on any atom is 0.253 e. The Hall–Kier alpha value is -2.77. The number of fused-ring (bicyclic) bond motifs is 1. The standard InChI is InChI=1S/C18H26N4O4/c1-18(2,17(19)25)20-15(23)9-12-10-26-14-7-6-11(16(24)21(3)4)8-13(14)22(12)5/h6-8,12H,9-10H2,1-5H3,(H2,19,25)(H,20,23). The van der Waals surface area contributed by atoms with Crippen molar-refractivity contribution in [1.82, 2.24) is 10.2 Å². The Morgan fingerprint density at radius 1 is 1.35 bits per heavy atom. The van der Waals surface area contributed by atoms with Gasteiger partial charge in [0.1, 0.15) is 17.9 Å². The number of primary amides is 1. The van der Waals surface area contributed by atoms with Crippen molar-refractivity contribution in [3.8, 4) is 5.75 Å². The van der Waals surface area contributed by atoms with E-state index >= 15 is 0 Å². The molecular formula is C18H26N4O4. The van der Waals surface area contributed by atoms with E-state index in [1.807, 2.05) is 11.9 Å². The molecule has 2 rings (SSSR count). The van der Waals surface area contributed by atoms with Crippen molar-refractivity contribution in [1.29, 1.82) is 0 Å². The second kappa shape index (κ2) is 7.23. The number of hydrogen-bond acceptors (Lipinski definition) is 5. The molecule has 1 aliphatic rings. The second-order valence-corrected chi connectivity index (χ2v) is 7.20. The molecule has 0 saturated heterocycles. The summed E-state index contributed by atoms with van der Waals surface area (Å²) in [4.78, 5) is 39.3. The van der Waals surface area contributed by atoms with Gasteiger partial charge in [-0.05, 0) is 32.0 Å². The maximum atomic E-state index is 12.3. The van der Waals surface area contributed by atoms with Crippen LogP contribution in [-0.2, 0) is 9.59 Å². The van der Waals surface area contributed by atoms with Gasteiger partial charge in [-0.15, -0.1) is 0 Å². The summed E-state index contributed by atoms with van der Waals surface area (Å²) in [5.74, 6) is -0.337. The predicted molar refractivity (Wildman–Crippen MR) is 98.2 cm³/mol. The smallest absolute Gasteiger partial charge is 0.253 e. The third-order valence-electron chi connectivity index (χ3n) is 4.46. The molecular weight excluding hydrogens is 336 g/mol. The van der Waals surface area contributed by atoms with Gasteiger partial charge in [0.25, 0.3) is 5.91 Å². The molecule has 0 aliphatic carbocycles. The van der Waals surface area contributed by atoms with E-state index in [1.54, 1.807) is 46.1 Å². The molecule has 0 aromatic heterocycles. The summed E-state index contributed by atoms with van der Waals surface area (Å²) in [6.45, 7) is 3.44. The van der Waals surface area contributed by atoms with Crippen LogP contribution in [-0.4, -0.2) is 62.0 Å². The Morgan fingerprint density at radius 3 is 2.58 bits per heavy atom. The molecule has 8 heteroatoms. The molecule has 1 aliphatic heterocycles. The number of rotatable bonds is 5. The number of carbonyl (C=O) groups is 3. The molecule has 0 radical (unpaired) electrons. The summed E-state index contributed by atoms with van der Waals surface area (Å²) in [6, 6.07) is 5.01. The minimum Gasteiger partial charge on any atom is -0.489 e. The number of likely N-dealkylation sites (N-methyl/N-ethyl adjacent to an activating group) is 1.